The van der Waals surface area contributed by atoms with Gasteiger partial charge >= 0.3 is 0 Å². The van der Waals surface area contributed by atoms with Crippen molar-refractivity contribution in [1.82, 2.24) is 9.97 Å². The minimum absolute atomic E-state index is 0.198. The first-order valence-electron chi connectivity index (χ1n) is 7.42. The number of pyridine rings is 2. The number of anilines is 1. The van der Waals surface area contributed by atoms with Gasteiger partial charge in [0.25, 0.3) is 0 Å². The molecule has 0 spiro atoms. The molecule has 0 amide bonds. The quantitative estimate of drug-likeness (QED) is 0.791. The molecule has 0 atom stereocenters. The third-order valence-electron chi connectivity index (χ3n) is 3.65. The fourth-order valence-electron chi connectivity index (χ4n) is 2.58. The molecule has 0 radical (unpaired) electrons. The largest absolute Gasteiger partial charge is 0.463 e. The molecule has 0 saturated carbocycles. The standard InChI is InChI=1S/C18H16N4O/c1-2-4-12-6-7-21-11-15(12)14-9-13(10-19)18(20)22-17(14)16-5-3-8-23-16/h3,5-9,11H,2,4H2,1H3,(H2,20,22). The first kappa shape index (κ1) is 14.8. The van der Waals surface area contributed by atoms with Crippen molar-refractivity contribution in [2.45, 2.75) is 19.8 Å². The molecule has 23 heavy (non-hydrogen) atoms. The van der Waals surface area contributed by atoms with Gasteiger partial charge in [-0.2, -0.15) is 5.26 Å². The number of aryl methyl sites for hydroxylation is 1. The van der Waals surface area contributed by atoms with E-state index in [-0.39, 0.29) is 5.82 Å². The Morgan fingerprint density at radius 3 is 2.87 bits per heavy atom. The van der Waals surface area contributed by atoms with Crippen molar-refractivity contribution in [3.8, 4) is 28.7 Å². The van der Waals surface area contributed by atoms with E-state index in [0.29, 0.717) is 17.0 Å². The SMILES string of the molecule is CCCc1ccncc1-c1cc(C#N)c(N)nc1-c1ccco1. The molecule has 0 aromatic carbocycles. The van der Waals surface area contributed by atoms with E-state index < -0.39 is 0 Å². The summed E-state index contributed by atoms with van der Waals surface area (Å²) in [5.41, 5.74) is 9.78. The van der Waals surface area contributed by atoms with E-state index in [0.717, 1.165) is 29.5 Å². The van der Waals surface area contributed by atoms with Gasteiger partial charge in [-0.3, -0.25) is 4.98 Å². The van der Waals surface area contributed by atoms with Crippen LogP contribution in [-0.4, -0.2) is 9.97 Å². The summed E-state index contributed by atoms with van der Waals surface area (Å²) in [6.45, 7) is 2.12. The van der Waals surface area contributed by atoms with Gasteiger partial charge in [-0.25, -0.2) is 4.98 Å². The number of nitrogen functional groups attached to an aromatic ring is 1. The molecule has 2 N–H and O–H groups in total. The second kappa shape index (κ2) is 6.32. The van der Waals surface area contributed by atoms with Crippen LogP contribution in [0.3, 0.4) is 0 Å². The van der Waals surface area contributed by atoms with E-state index in [1.54, 1.807) is 30.8 Å². The zero-order chi connectivity index (χ0) is 16.2. The van der Waals surface area contributed by atoms with Crippen LogP contribution in [0.4, 0.5) is 5.82 Å². The maximum Gasteiger partial charge on any atom is 0.152 e. The molecule has 3 rings (SSSR count). The van der Waals surface area contributed by atoms with Gasteiger partial charge in [0.15, 0.2) is 5.76 Å². The number of aromatic nitrogens is 2. The van der Waals surface area contributed by atoms with Crippen LogP contribution in [0.2, 0.25) is 0 Å². The van der Waals surface area contributed by atoms with E-state index in [4.69, 9.17) is 10.2 Å². The monoisotopic (exact) mass is 304 g/mol. The zero-order valence-electron chi connectivity index (χ0n) is 12.8. The number of furan rings is 1. The lowest BCUT2D eigenvalue weighted by Gasteiger charge is -2.13. The molecule has 3 aromatic rings. The molecule has 0 bridgehead atoms. The summed E-state index contributed by atoms with van der Waals surface area (Å²) in [6.07, 6.45) is 7.09. The minimum Gasteiger partial charge on any atom is -0.463 e. The third-order valence-corrected chi connectivity index (χ3v) is 3.65. The second-order valence-electron chi connectivity index (χ2n) is 5.19. The zero-order valence-corrected chi connectivity index (χ0v) is 12.8. The highest BCUT2D eigenvalue weighted by Crippen LogP contribution is 2.35. The lowest BCUT2D eigenvalue weighted by Crippen LogP contribution is -2.00. The number of nitriles is 1. The number of nitrogens with two attached hydrogens (primary N) is 1. The highest BCUT2D eigenvalue weighted by molar-refractivity contribution is 5.82. The van der Waals surface area contributed by atoms with Gasteiger partial charge in [-0.15, -0.1) is 0 Å². The van der Waals surface area contributed by atoms with Crippen LogP contribution in [0.5, 0.6) is 0 Å². The number of hydrogen-bond donors (Lipinski definition) is 1. The third kappa shape index (κ3) is 2.79. The Morgan fingerprint density at radius 1 is 1.30 bits per heavy atom. The highest BCUT2D eigenvalue weighted by Gasteiger charge is 2.17. The van der Waals surface area contributed by atoms with E-state index in [2.05, 4.69) is 23.0 Å². The maximum atomic E-state index is 9.27. The van der Waals surface area contributed by atoms with Crippen molar-refractivity contribution in [3.05, 3.63) is 54.0 Å². The molecule has 5 nitrogen and oxygen atoms in total. The summed E-state index contributed by atoms with van der Waals surface area (Å²) < 4.78 is 5.49. The van der Waals surface area contributed by atoms with Gasteiger partial charge in [0.2, 0.25) is 0 Å². The van der Waals surface area contributed by atoms with Crippen LogP contribution >= 0.6 is 0 Å². The van der Waals surface area contributed by atoms with Gasteiger partial charge in [-0.1, -0.05) is 13.3 Å². The molecular formula is C18H16N4O. The lowest BCUT2D eigenvalue weighted by atomic mass is 9.96. The topological polar surface area (TPSA) is 88.7 Å². The molecule has 0 unspecified atom stereocenters. The summed E-state index contributed by atoms with van der Waals surface area (Å²) in [4.78, 5) is 8.63. The molecule has 0 saturated heterocycles. The van der Waals surface area contributed by atoms with Crippen LogP contribution in [0.1, 0.15) is 24.5 Å². The number of nitrogens with zero attached hydrogens (tertiary/aromatic N) is 3. The normalized spacial score (nSPS) is 10.4. The van der Waals surface area contributed by atoms with Gasteiger partial charge in [0.1, 0.15) is 17.6 Å². The average Bonchev–Trinajstić information content (AvgIpc) is 3.10. The predicted octanol–water partition coefficient (Wildman–Crippen LogP) is 3.81. The molecule has 114 valence electrons. The van der Waals surface area contributed by atoms with Crippen molar-refractivity contribution in [2.24, 2.45) is 0 Å². The van der Waals surface area contributed by atoms with E-state index in [1.807, 2.05) is 12.1 Å². The minimum atomic E-state index is 0.198. The Balaban J connectivity index is 2.28. The van der Waals surface area contributed by atoms with Gasteiger partial charge < -0.3 is 10.2 Å². The van der Waals surface area contributed by atoms with Crippen LogP contribution in [0.25, 0.3) is 22.6 Å². The van der Waals surface area contributed by atoms with Gasteiger partial charge in [0, 0.05) is 23.5 Å². The molecule has 3 heterocycles. The van der Waals surface area contributed by atoms with Crippen LogP contribution < -0.4 is 5.73 Å². The Morgan fingerprint density at radius 2 is 2.17 bits per heavy atom. The fraction of sp³-hybridized carbons (Fsp3) is 0.167. The van der Waals surface area contributed by atoms with E-state index in [1.165, 1.54) is 0 Å². The Labute approximate surface area is 134 Å². The lowest BCUT2D eigenvalue weighted by molar-refractivity contribution is 0.580. The first-order chi connectivity index (χ1) is 11.2. The second-order valence-corrected chi connectivity index (χ2v) is 5.19. The van der Waals surface area contributed by atoms with E-state index >= 15 is 0 Å². The average molecular weight is 304 g/mol. The number of hydrogen-bond acceptors (Lipinski definition) is 5. The van der Waals surface area contributed by atoms with Crippen molar-refractivity contribution < 1.29 is 4.42 Å². The molecule has 0 aliphatic heterocycles. The fourth-order valence-corrected chi connectivity index (χ4v) is 2.58. The van der Waals surface area contributed by atoms with Gasteiger partial charge in [-0.05, 0) is 36.2 Å². The van der Waals surface area contributed by atoms with Crippen LogP contribution in [-0.2, 0) is 6.42 Å². The molecule has 0 aliphatic carbocycles. The summed E-state index contributed by atoms with van der Waals surface area (Å²) in [5, 5.41) is 9.27. The molecule has 0 fully saturated rings. The van der Waals surface area contributed by atoms with Crippen molar-refractivity contribution in [3.63, 3.8) is 0 Å². The molecule has 0 aliphatic rings. The highest BCUT2D eigenvalue weighted by atomic mass is 16.3. The summed E-state index contributed by atoms with van der Waals surface area (Å²) in [6, 6.07) is 9.47. The predicted molar refractivity (Wildman–Crippen MR) is 88.3 cm³/mol. The Bertz CT molecular complexity index is 863. The Kier molecular flexibility index (Phi) is 4.07. The number of rotatable bonds is 4. The van der Waals surface area contributed by atoms with Crippen LogP contribution in [0, 0.1) is 11.3 Å². The molecule has 5 heteroatoms. The summed E-state index contributed by atoms with van der Waals surface area (Å²) in [7, 11) is 0. The van der Waals surface area contributed by atoms with E-state index in [9.17, 15) is 5.26 Å². The smallest absolute Gasteiger partial charge is 0.152 e. The van der Waals surface area contributed by atoms with Gasteiger partial charge in [0.05, 0.1) is 11.8 Å². The van der Waals surface area contributed by atoms with Crippen molar-refractivity contribution >= 4 is 5.82 Å². The van der Waals surface area contributed by atoms with Crippen molar-refractivity contribution in [2.75, 3.05) is 5.73 Å². The molecule has 3 aromatic heterocycles. The maximum absolute atomic E-state index is 9.27. The van der Waals surface area contributed by atoms with Crippen molar-refractivity contribution in [1.29, 1.82) is 5.26 Å². The Hall–Kier alpha value is -3.13. The summed E-state index contributed by atoms with van der Waals surface area (Å²) >= 11 is 0. The van der Waals surface area contributed by atoms with Crippen LogP contribution in [0.15, 0.2) is 47.3 Å². The first-order valence-corrected chi connectivity index (χ1v) is 7.42. The molecular weight excluding hydrogens is 288 g/mol. The summed E-state index contributed by atoms with van der Waals surface area (Å²) in [5.74, 6) is 0.811.